The van der Waals surface area contributed by atoms with Gasteiger partial charge in [-0.1, -0.05) is 78.9 Å². The summed E-state index contributed by atoms with van der Waals surface area (Å²) in [6.07, 6.45) is 4.94. The molecule has 0 aliphatic carbocycles. The minimum absolute atomic E-state index is 0.0864. The first-order chi connectivity index (χ1) is 24.1. The zero-order chi connectivity index (χ0) is 35.6. The van der Waals surface area contributed by atoms with E-state index in [4.69, 9.17) is 9.47 Å². The molecule has 0 bridgehead atoms. The molecule has 1 aromatic heterocycles. The molecule has 0 spiro atoms. The lowest BCUT2D eigenvalue weighted by atomic mass is 9.99. The molecule has 4 rings (SSSR count). The third kappa shape index (κ3) is 14.1. The van der Waals surface area contributed by atoms with Gasteiger partial charge in [0.25, 0.3) is 0 Å². The maximum absolute atomic E-state index is 12.9. The van der Waals surface area contributed by atoms with Crippen LogP contribution in [0.25, 0.3) is 11.1 Å². The summed E-state index contributed by atoms with van der Waals surface area (Å²) in [4.78, 5) is 36.6. The van der Waals surface area contributed by atoms with Gasteiger partial charge in [-0.3, -0.25) is 4.79 Å². The average Bonchev–Trinajstić information content (AvgIpc) is 3.65. The van der Waals surface area contributed by atoms with E-state index >= 15 is 0 Å². The molecule has 12 nitrogen and oxygen atoms in total. The Morgan fingerprint density at radius 1 is 0.740 bits per heavy atom. The lowest BCUT2D eigenvalue weighted by Gasteiger charge is -2.20. The molecule has 0 aliphatic rings. The highest BCUT2D eigenvalue weighted by molar-refractivity contribution is 5.76. The Balaban J connectivity index is 1.13. The molecular weight excluding hydrogens is 634 g/mol. The van der Waals surface area contributed by atoms with Crippen molar-refractivity contribution in [1.29, 1.82) is 0 Å². The first-order valence-corrected chi connectivity index (χ1v) is 17.3. The standard InChI is InChI=1S/C38H49N7O5/c1-38(2,3)50-37(48)40-26-10-8-14-33(35-42-44-45-43-35)41-34(46)24-19-29-17-22-32(23-18-29)31-20-15-28(16-21-31)11-7-9-25-39-36(47)49-27-30-12-5-4-6-13-30/h4-6,12-13,15-18,20-23,33H,7-11,14,19,24-27H2,1-3H3,(H,39,47)(H,40,48)(H,41,46)(H,42,43,44,45)/t33-/m0/s1. The Kier molecular flexibility index (Phi) is 14.8. The van der Waals surface area contributed by atoms with Crippen LogP contribution >= 0.6 is 0 Å². The lowest BCUT2D eigenvalue weighted by Crippen LogP contribution is -2.33. The molecule has 0 radical (unpaired) electrons. The molecule has 1 heterocycles. The van der Waals surface area contributed by atoms with Crippen LogP contribution in [0.1, 0.15) is 87.9 Å². The minimum atomic E-state index is -0.543. The smallest absolute Gasteiger partial charge is 0.407 e. The van der Waals surface area contributed by atoms with Crippen molar-refractivity contribution in [3.05, 3.63) is 101 Å². The van der Waals surface area contributed by atoms with E-state index < -0.39 is 17.8 Å². The summed E-state index contributed by atoms with van der Waals surface area (Å²) in [5.74, 6) is 0.416. The van der Waals surface area contributed by atoms with Crippen LogP contribution < -0.4 is 16.0 Å². The van der Waals surface area contributed by atoms with E-state index in [1.165, 1.54) is 5.56 Å². The molecule has 12 heteroatoms. The van der Waals surface area contributed by atoms with E-state index in [1.54, 1.807) is 0 Å². The fourth-order valence-corrected chi connectivity index (χ4v) is 5.24. The van der Waals surface area contributed by atoms with Gasteiger partial charge in [-0.05, 0) is 104 Å². The first-order valence-electron chi connectivity index (χ1n) is 17.3. The molecule has 1 atom stereocenters. The van der Waals surface area contributed by atoms with Gasteiger partial charge < -0.3 is 25.4 Å². The van der Waals surface area contributed by atoms with Crippen molar-refractivity contribution in [3.63, 3.8) is 0 Å². The number of ether oxygens (including phenoxy) is 2. The number of carbonyl (C=O) groups excluding carboxylic acids is 3. The Bertz CT molecular complexity index is 1590. The molecule has 0 saturated carbocycles. The third-order valence-electron chi connectivity index (χ3n) is 7.87. The second kappa shape index (κ2) is 19.7. The zero-order valence-electron chi connectivity index (χ0n) is 29.2. The first kappa shape index (κ1) is 37.6. The molecule has 3 aromatic carbocycles. The van der Waals surface area contributed by atoms with Crippen molar-refractivity contribution < 1.29 is 23.9 Å². The van der Waals surface area contributed by atoms with Crippen molar-refractivity contribution in [2.45, 2.75) is 90.4 Å². The van der Waals surface area contributed by atoms with Gasteiger partial charge in [0.2, 0.25) is 5.91 Å². The average molecular weight is 684 g/mol. The summed E-state index contributed by atoms with van der Waals surface area (Å²) < 4.78 is 10.5. The molecule has 0 saturated heterocycles. The molecule has 4 N–H and O–H groups in total. The van der Waals surface area contributed by atoms with E-state index in [2.05, 4.69) is 85.1 Å². The molecule has 0 fully saturated rings. The number of hydrogen-bond acceptors (Lipinski definition) is 8. The zero-order valence-corrected chi connectivity index (χ0v) is 29.2. The van der Waals surface area contributed by atoms with Crippen LogP contribution in [0.5, 0.6) is 0 Å². The fraction of sp³-hybridized carbons (Fsp3) is 0.421. The van der Waals surface area contributed by atoms with Crippen molar-refractivity contribution in [1.82, 2.24) is 36.6 Å². The Morgan fingerprint density at radius 2 is 1.36 bits per heavy atom. The van der Waals surface area contributed by atoms with Crippen molar-refractivity contribution >= 4 is 18.1 Å². The van der Waals surface area contributed by atoms with Crippen LogP contribution in [0.2, 0.25) is 0 Å². The molecule has 0 unspecified atom stereocenters. The van der Waals surface area contributed by atoms with E-state index in [-0.39, 0.29) is 18.6 Å². The number of aryl methyl sites for hydroxylation is 2. The van der Waals surface area contributed by atoms with Gasteiger partial charge in [-0.25, -0.2) is 14.7 Å². The third-order valence-corrected chi connectivity index (χ3v) is 7.87. The van der Waals surface area contributed by atoms with Crippen LogP contribution in [0.3, 0.4) is 0 Å². The number of H-pyrrole nitrogens is 1. The van der Waals surface area contributed by atoms with Gasteiger partial charge in [0, 0.05) is 19.5 Å². The Labute approximate surface area is 294 Å². The van der Waals surface area contributed by atoms with Gasteiger partial charge in [-0.2, -0.15) is 0 Å². The highest BCUT2D eigenvalue weighted by Crippen LogP contribution is 2.22. The number of unbranched alkanes of at least 4 members (excludes halogenated alkanes) is 2. The number of amides is 3. The summed E-state index contributed by atoms with van der Waals surface area (Å²) in [5, 5.41) is 22.7. The predicted octanol–water partition coefficient (Wildman–Crippen LogP) is 6.60. The molecule has 266 valence electrons. The second-order valence-corrected chi connectivity index (χ2v) is 13.2. The monoisotopic (exact) mass is 683 g/mol. The normalized spacial score (nSPS) is 11.7. The highest BCUT2D eigenvalue weighted by atomic mass is 16.6. The van der Waals surface area contributed by atoms with Crippen LogP contribution in [0.15, 0.2) is 78.9 Å². The van der Waals surface area contributed by atoms with Crippen molar-refractivity contribution in [2.75, 3.05) is 13.1 Å². The summed E-state index contributed by atoms with van der Waals surface area (Å²) in [5.41, 5.74) is 4.99. The highest BCUT2D eigenvalue weighted by Gasteiger charge is 2.19. The van der Waals surface area contributed by atoms with Gasteiger partial charge in [-0.15, -0.1) is 5.10 Å². The summed E-state index contributed by atoms with van der Waals surface area (Å²) in [7, 11) is 0. The van der Waals surface area contributed by atoms with Gasteiger partial charge in [0.1, 0.15) is 12.2 Å². The second-order valence-electron chi connectivity index (χ2n) is 13.2. The largest absolute Gasteiger partial charge is 0.445 e. The lowest BCUT2D eigenvalue weighted by molar-refractivity contribution is -0.121. The number of rotatable bonds is 18. The number of carbonyl (C=O) groups is 3. The number of tetrazole rings is 1. The quantitative estimate of drug-likeness (QED) is 0.0854. The number of alkyl carbamates (subject to hydrolysis) is 2. The number of aromatic nitrogens is 4. The SMILES string of the molecule is CC(C)(C)OC(=O)NCCCC[C@H](NC(=O)CCc1ccc(-c2ccc(CCCCNC(=O)OCc3ccccc3)cc2)cc1)c1nnn[nH]1. The Hall–Kier alpha value is -5.26. The topological polar surface area (TPSA) is 160 Å². The molecular formula is C38H49N7O5. The number of aromatic amines is 1. The number of nitrogens with zero attached hydrogens (tertiary/aromatic N) is 3. The van der Waals surface area contributed by atoms with Gasteiger partial charge in [0.15, 0.2) is 5.82 Å². The fourth-order valence-electron chi connectivity index (χ4n) is 5.24. The number of hydrogen-bond donors (Lipinski definition) is 4. The van der Waals surface area contributed by atoms with Crippen molar-refractivity contribution in [3.8, 4) is 11.1 Å². The van der Waals surface area contributed by atoms with E-state index in [0.717, 1.165) is 54.4 Å². The number of benzene rings is 3. The van der Waals surface area contributed by atoms with Crippen LogP contribution in [-0.2, 0) is 33.7 Å². The maximum atomic E-state index is 12.9. The molecule has 50 heavy (non-hydrogen) atoms. The molecule has 3 amide bonds. The van der Waals surface area contributed by atoms with Gasteiger partial charge in [0.05, 0.1) is 6.04 Å². The van der Waals surface area contributed by atoms with E-state index in [0.29, 0.717) is 38.2 Å². The summed E-state index contributed by atoms with van der Waals surface area (Å²) in [6, 6.07) is 26.1. The minimum Gasteiger partial charge on any atom is -0.445 e. The predicted molar refractivity (Wildman–Crippen MR) is 191 cm³/mol. The Morgan fingerprint density at radius 3 is 1.98 bits per heavy atom. The molecule has 0 aliphatic heterocycles. The number of nitrogens with one attached hydrogen (secondary N) is 4. The molecule has 4 aromatic rings. The summed E-state index contributed by atoms with van der Waals surface area (Å²) in [6.45, 7) is 6.78. The van der Waals surface area contributed by atoms with Crippen LogP contribution in [0.4, 0.5) is 9.59 Å². The van der Waals surface area contributed by atoms with E-state index in [9.17, 15) is 14.4 Å². The van der Waals surface area contributed by atoms with Crippen LogP contribution in [-0.4, -0.2) is 57.4 Å². The van der Waals surface area contributed by atoms with Crippen LogP contribution in [0, 0.1) is 0 Å². The van der Waals surface area contributed by atoms with Gasteiger partial charge >= 0.3 is 12.2 Å². The summed E-state index contributed by atoms with van der Waals surface area (Å²) >= 11 is 0. The maximum Gasteiger partial charge on any atom is 0.407 e. The van der Waals surface area contributed by atoms with E-state index in [1.807, 2.05) is 51.1 Å². The van der Waals surface area contributed by atoms with Crippen molar-refractivity contribution in [2.24, 2.45) is 0 Å².